The fourth-order valence-corrected chi connectivity index (χ4v) is 1.74. The van der Waals surface area contributed by atoms with Gasteiger partial charge >= 0.3 is 5.97 Å². The zero-order valence-corrected chi connectivity index (χ0v) is 10.6. The summed E-state index contributed by atoms with van der Waals surface area (Å²) >= 11 is 0. The van der Waals surface area contributed by atoms with Gasteiger partial charge in [-0.15, -0.1) is 10.2 Å². The first kappa shape index (κ1) is 12.2. The average Bonchev–Trinajstić information content (AvgIpc) is 2.32. The number of aromatic carboxylic acids is 1. The van der Waals surface area contributed by atoms with Crippen molar-refractivity contribution in [1.82, 2.24) is 10.2 Å². The summed E-state index contributed by atoms with van der Waals surface area (Å²) in [7, 11) is 0. The molecule has 0 aliphatic heterocycles. The lowest BCUT2D eigenvalue weighted by Gasteiger charge is -2.06. The van der Waals surface area contributed by atoms with Crippen LogP contribution in [0.4, 0.5) is 0 Å². The second-order valence-corrected chi connectivity index (χ2v) is 4.37. The molecule has 92 valence electrons. The van der Waals surface area contributed by atoms with Gasteiger partial charge in [-0.25, -0.2) is 4.79 Å². The van der Waals surface area contributed by atoms with Crippen LogP contribution in [0.25, 0.3) is 11.3 Å². The molecule has 0 radical (unpaired) electrons. The Bertz CT molecular complexity index is 621. The molecule has 0 unspecified atom stereocenters. The Labute approximate surface area is 105 Å². The summed E-state index contributed by atoms with van der Waals surface area (Å²) in [4.78, 5) is 10.9. The van der Waals surface area contributed by atoms with Gasteiger partial charge in [-0.2, -0.15) is 0 Å². The topological polar surface area (TPSA) is 63.1 Å². The molecule has 0 aliphatic carbocycles. The van der Waals surface area contributed by atoms with Crippen LogP contribution in [0.5, 0.6) is 0 Å². The van der Waals surface area contributed by atoms with Crippen LogP contribution in [-0.4, -0.2) is 21.3 Å². The number of carboxylic acids is 1. The minimum atomic E-state index is -1.05. The van der Waals surface area contributed by atoms with Crippen LogP contribution in [0.3, 0.4) is 0 Å². The third-order valence-electron chi connectivity index (χ3n) is 2.99. The van der Waals surface area contributed by atoms with E-state index >= 15 is 0 Å². The zero-order valence-electron chi connectivity index (χ0n) is 10.6. The van der Waals surface area contributed by atoms with Crippen LogP contribution in [0.2, 0.25) is 0 Å². The number of rotatable bonds is 2. The summed E-state index contributed by atoms with van der Waals surface area (Å²) in [6, 6.07) is 7.76. The Morgan fingerprint density at radius 2 is 1.72 bits per heavy atom. The van der Waals surface area contributed by atoms with E-state index in [2.05, 4.69) is 10.2 Å². The predicted molar refractivity (Wildman–Crippen MR) is 68.6 cm³/mol. The van der Waals surface area contributed by atoms with E-state index in [-0.39, 0.29) is 5.69 Å². The minimum Gasteiger partial charge on any atom is -0.476 e. The van der Waals surface area contributed by atoms with Crippen LogP contribution < -0.4 is 0 Å². The van der Waals surface area contributed by atoms with Crippen molar-refractivity contribution in [3.63, 3.8) is 0 Å². The molecule has 4 nitrogen and oxygen atoms in total. The number of aryl methyl sites for hydroxylation is 3. The summed E-state index contributed by atoms with van der Waals surface area (Å²) in [5, 5.41) is 16.6. The summed E-state index contributed by atoms with van der Waals surface area (Å²) < 4.78 is 0. The van der Waals surface area contributed by atoms with Crippen molar-refractivity contribution in [3.05, 3.63) is 46.6 Å². The van der Waals surface area contributed by atoms with Crippen LogP contribution in [0, 0.1) is 20.8 Å². The van der Waals surface area contributed by atoms with Crippen molar-refractivity contribution in [2.75, 3.05) is 0 Å². The molecule has 0 atom stereocenters. The highest BCUT2D eigenvalue weighted by molar-refractivity contribution is 5.87. The zero-order chi connectivity index (χ0) is 13.3. The lowest BCUT2D eigenvalue weighted by molar-refractivity contribution is 0.0688. The maximum absolute atomic E-state index is 10.9. The monoisotopic (exact) mass is 242 g/mol. The summed E-state index contributed by atoms with van der Waals surface area (Å²) in [5.41, 5.74) is 4.65. The van der Waals surface area contributed by atoms with Crippen LogP contribution >= 0.6 is 0 Å². The molecule has 4 heteroatoms. The molecule has 1 N–H and O–H groups in total. The number of carbonyl (C=O) groups is 1. The van der Waals surface area contributed by atoms with E-state index in [1.54, 1.807) is 13.0 Å². The molecular formula is C14H14N2O2. The van der Waals surface area contributed by atoms with E-state index in [0.29, 0.717) is 11.3 Å². The van der Waals surface area contributed by atoms with E-state index in [1.807, 2.05) is 32.0 Å². The molecular weight excluding hydrogens is 228 g/mol. The Balaban J connectivity index is 2.48. The third kappa shape index (κ3) is 2.22. The third-order valence-corrected chi connectivity index (χ3v) is 2.99. The van der Waals surface area contributed by atoms with Gasteiger partial charge in [0.1, 0.15) is 0 Å². The van der Waals surface area contributed by atoms with Gasteiger partial charge in [-0.05, 0) is 49.6 Å². The SMILES string of the molecule is Cc1ccc(-c2cc(C)c(C(=O)O)nn2)cc1C. The molecule has 18 heavy (non-hydrogen) atoms. The van der Waals surface area contributed by atoms with Crippen molar-refractivity contribution in [2.24, 2.45) is 0 Å². The van der Waals surface area contributed by atoms with Gasteiger partial charge in [0.2, 0.25) is 0 Å². The predicted octanol–water partition coefficient (Wildman–Crippen LogP) is 2.77. The van der Waals surface area contributed by atoms with Gasteiger partial charge < -0.3 is 5.11 Å². The lowest BCUT2D eigenvalue weighted by Crippen LogP contribution is -2.05. The van der Waals surface area contributed by atoms with Crippen LogP contribution in [0.15, 0.2) is 24.3 Å². The minimum absolute atomic E-state index is 0.00239. The van der Waals surface area contributed by atoms with Crippen molar-refractivity contribution in [1.29, 1.82) is 0 Å². The van der Waals surface area contributed by atoms with E-state index < -0.39 is 5.97 Å². The Hall–Kier alpha value is -2.23. The number of aromatic nitrogens is 2. The number of hydrogen-bond donors (Lipinski definition) is 1. The fraction of sp³-hybridized carbons (Fsp3) is 0.214. The van der Waals surface area contributed by atoms with Gasteiger partial charge in [-0.3, -0.25) is 0 Å². The standard InChI is InChI=1S/C14H14N2O2/c1-8-4-5-11(6-9(8)2)12-7-10(3)13(14(17)18)16-15-12/h4-7H,1-3H3,(H,17,18). The van der Waals surface area contributed by atoms with Crippen molar-refractivity contribution < 1.29 is 9.90 Å². The first-order valence-electron chi connectivity index (χ1n) is 5.64. The summed E-state index contributed by atoms with van der Waals surface area (Å²) in [6.07, 6.45) is 0. The summed E-state index contributed by atoms with van der Waals surface area (Å²) in [5.74, 6) is -1.05. The van der Waals surface area contributed by atoms with Crippen molar-refractivity contribution in [2.45, 2.75) is 20.8 Å². The highest BCUT2D eigenvalue weighted by Gasteiger charge is 2.11. The Morgan fingerprint density at radius 3 is 2.28 bits per heavy atom. The van der Waals surface area contributed by atoms with Gasteiger partial charge in [0.05, 0.1) is 5.69 Å². The first-order chi connectivity index (χ1) is 8.49. The fourth-order valence-electron chi connectivity index (χ4n) is 1.74. The first-order valence-corrected chi connectivity index (χ1v) is 5.64. The molecule has 2 rings (SSSR count). The molecule has 0 saturated carbocycles. The van der Waals surface area contributed by atoms with Crippen LogP contribution in [-0.2, 0) is 0 Å². The molecule has 0 bridgehead atoms. The maximum Gasteiger partial charge on any atom is 0.356 e. The second kappa shape index (κ2) is 4.56. The maximum atomic E-state index is 10.9. The normalized spacial score (nSPS) is 10.4. The van der Waals surface area contributed by atoms with E-state index in [0.717, 1.165) is 5.56 Å². The largest absolute Gasteiger partial charge is 0.476 e. The number of nitrogens with zero attached hydrogens (tertiary/aromatic N) is 2. The van der Waals surface area contributed by atoms with E-state index in [9.17, 15) is 4.79 Å². The molecule has 1 aromatic carbocycles. The molecule has 0 amide bonds. The van der Waals surface area contributed by atoms with E-state index in [4.69, 9.17) is 5.11 Å². The molecule has 1 heterocycles. The molecule has 0 fully saturated rings. The molecule has 0 saturated heterocycles. The van der Waals surface area contributed by atoms with Crippen molar-refractivity contribution in [3.8, 4) is 11.3 Å². The number of benzene rings is 1. The van der Waals surface area contributed by atoms with Gasteiger partial charge in [0.25, 0.3) is 0 Å². The highest BCUT2D eigenvalue weighted by Crippen LogP contribution is 2.21. The Kier molecular flexibility index (Phi) is 3.10. The van der Waals surface area contributed by atoms with Gasteiger partial charge in [0.15, 0.2) is 5.69 Å². The highest BCUT2D eigenvalue weighted by atomic mass is 16.4. The lowest BCUT2D eigenvalue weighted by atomic mass is 10.0. The van der Waals surface area contributed by atoms with Gasteiger partial charge in [-0.1, -0.05) is 12.1 Å². The van der Waals surface area contributed by atoms with Crippen molar-refractivity contribution >= 4 is 5.97 Å². The molecule has 0 spiro atoms. The number of hydrogen-bond acceptors (Lipinski definition) is 3. The Morgan fingerprint density at radius 1 is 1.00 bits per heavy atom. The molecule has 2 aromatic rings. The van der Waals surface area contributed by atoms with E-state index in [1.165, 1.54) is 11.1 Å². The quantitative estimate of drug-likeness (QED) is 0.879. The molecule has 0 aliphatic rings. The summed E-state index contributed by atoms with van der Waals surface area (Å²) in [6.45, 7) is 5.80. The second-order valence-electron chi connectivity index (χ2n) is 4.37. The van der Waals surface area contributed by atoms with Crippen LogP contribution in [0.1, 0.15) is 27.2 Å². The molecule has 1 aromatic heterocycles. The average molecular weight is 242 g/mol. The smallest absolute Gasteiger partial charge is 0.356 e. The van der Waals surface area contributed by atoms with Gasteiger partial charge in [0, 0.05) is 5.56 Å². The number of carboxylic acid groups (broad SMARTS) is 1.